The Bertz CT molecular complexity index is 836. The lowest BCUT2D eigenvalue weighted by Crippen LogP contribution is -2.45. The molecule has 7 nitrogen and oxygen atoms in total. The van der Waals surface area contributed by atoms with Crippen LogP contribution < -0.4 is 10.6 Å². The van der Waals surface area contributed by atoms with Gasteiger partial charge in [0.15, 0.2) is 5.96 Å². The molecule has 2 heterocycles. The van der Waals surface area contributed by atoms with E-state index in [1.807, 2.05) is 60.1 Å². The fourth-order valence-corrected chi connectivity index (χ4v) is 3.33. The number of amides is 1. The molecule has 9 heteroatoms. The normalized spacial score (nSPS) is 16.7. The van der Waals surface area contributed by atoms with E-state index in [1.54, 1.807) is 7.05 Å². The molecule has 0 aliphatic carbocycles. The van der Waals surface area contributed by atoms with Gasteiger partial charge in [-0.2, -0.15) is 5.10 Å². The minimum absolute atomic E-state index is 0. The third-order valence-corrected chi connectivity index (χ3v) is 5.00. The molecule has 1 amide bonds. The van der Waals surface area contributed by atoms with Crippen LogP contribution >= 0.6 is 35.6 Å². The van der Waals surface area contributed by atoms with Crippen molar-refractivity contribution in [2.75, 3.05) is 20.1 Å². The van der Waals surface area contributed by atoms with Crippen molar-refractivity contribution in [3.8, 4) is 5.69 Å². The summed E-state index contributed by atoms with van der Waals surface area (Å²) in [7, 11) is 1.75. The van der Waals surface area contributed by atoms with Gasteiger partial charge in [0.2, 0.25) is 5.91 Å². The van der Waals surface area contributed by atoms with Gasteiger partial charge in [0.25, 0.3) is 0 Å². The summed E-state index contributed by atoms with van der Waals surface area (Å²) in [6.45, 7) is 5.99. The molecule has 1 fully saturated rings. The molecule has 1 aromatic heterocycles. The van der Waals surface area contributed by atoms with Crippen LogP contribution in [0.4, 0.5) is 0 Å². The monoisotopic (exact) mass is 530 g/mol. The number of hydrogen-bond donors (Lipinski definition) is 2. The highest BCUT2D eigenvalue weighted by Crippen LogP contribution is 2.14. The number of halogens is 2. The first-order valence-corrected chi connectivity index (χ1v) is 9.89. The Kier molecular flexibility index (Phi) is 8.76. The number of carbonyl (C=O) groups is 1. The number of aromatic nitrogens is 2. The summed E-state index contributed by atoms with van der Waals surface area (Å²) in [5.41, 5.74) is 2.00. The van der Waals surface area contributed by atoms with E-state index in [9.17, 15) is 4.79 Å². The van der Waals surface area contributed by atoms with Gasteiger partial charge in [-0.15, -0.1) is 24.0 Å². The van der Waals surface area contributed by atoms with Crippen molar-refractivity contribution in [1.82, 2.24) is 25.3 Å². The first-order chi connectivity index (χ1) is 13.5. The molecule has 0 radical (unpaired) electrons. The van der Waals surface area contributed by atoms with Gasteiger partial charge in [-0.25, -0.2) is 4.68 Å². The molecule has 0 saturated carbocycles. The van der Waals surface area contributed by atoms with E-state index in [0.29, 0.717) is 18.1 Å². The molecular formula is C20H28ClIN6O. The first-order valence-electron chi connectivity index (χ1n) is 9.51. The van der Waals surface area contributed by atoms with Gasteiger partial charge >= 0.3 is 0 Å². The van der Waals surface area contributed by atoms with Crippen molar-refractivity contribution in [3.05, 3.63) is 47.2 Å². The van der Waals surface area contributed by atoms with Gasteiger partial charge in [0, 0.05) is 55.4 Å². The van der Waals surface area contributed by atoms with Crippen molar-refractivity contribution in [3.63, 3.8) is 0 Å². The number of aliphatic imine (C=N–C) groups is 1. The maximum absolute atomic E-state index is 12.1. The number of hydrogen-bond acceptors (Lipinski definition) is 3. The smallest absolute Gasteiger partial charge is 0.225 e. The van der Waals surface area contributed by atoms with E-state index in [4.69, 9.17) is 11.6 Å². The lowest BCUT2D eigenvalue weighted by atomic mass is 10.2. The summed E-state index contributed by atoms with van der Waals surface area (Å²) < 4.78 is 1.82. The van der Waals surface area contributed by atoms with Crippen molar-refractivity contribution in [2.45, 2.75) is 32.9 Å². The molecule has 0 bridgehead atoms. The van der Waals surface area contributed by atoms with Gasteiger partial charge in [-0.1, -0.05) is 25.4 Å². The van der Waals surface area contributed by atoms with Crippen molar-refractivity contribution in [2.24, 2.45) is 10.9 Å². The average Bonchev–Trinajstić information content (AvgIpc) is 3.34. The average molecular weight is 531 g/mol. The quantitative estimate of drug-likeness (QED) is 0.354. The second kappa shape index (κ2) is 10.8. The van der Waals surface area contributed by atoms with E-state index < -0.39 is 0 Å². The number of likely N-dealkylation sites (tertiary alicyclic amines) is 1. The summed E-state index contributed by atoms with van der Waals surface area (Å²) in [4.78, 5) is 18.3. The fourth-order valence-electron chi connectivity index (χ4n) is 3.20. The molecule has 1 aliphatic heterocycles. The number of nitrogens with one attached hydrogen (secondary N) is 2. The first kappa shape index (κ1) is 23.5. The summed E-state index contributed by atoms with van der Waals surface area (Å²) in [5, 5.41) is 11.8. The number of benzene rings is 1. The van der Waals surface area contributed by atoms with Gasteiger partial charge < -0.3 is 15.5 Å². The second-order valence-corrected chi connectivity index (χ2v) is 7.70. The van der Waals surface area contributed by atoms with E-state index in [0.717, 1.165) is 30.2 Å². The maximum Gasteiger partial charge on any atom is 0.225 e. The Morgan fingerprint density at radius 3 is 2.72 bits per heavy atom. The highest BCUT2D eigenvalue weighted by Gasteiger charge is 2.27. The summed E-state index contributed by atoms with van der Waals surface area (Å²) in [6.07, 6.45) is 4.73. The number of guanidine groups is 1. The van der Waals surface area contributed by atoms with Gasteiger partial charge in [-0.3, -0.25) is 9.79 Å². The molecule has 2 aromatic rings. The zero-order chi connectivity index (χ0) is 20.1. The van der Waals surface area contributed by atoms with Gasteiger partial charge in [-0.05, 0) is 30.7 Å². The second-order valence-electron chi connectivity index (χ2n) is 7.26. The minimum atomic E-state index is 0. The lowest BCUT2D eigenvalue weighted by Gasteiger charge is -2.20. The number of nitrogens with zero attached hydrogens (tertiary/aromatic N) is 4. The van der Waals surface area contributed by atoms with E-state index in [-0.39, 0.29) is 41.8 Å². The molecular weight excluding hydrogens is 503 g/mol. The SMILES string of the molecule is CN=C(NCc1cnn(-c2ccc(Cl)cc2)c1)NC1CCN(C(=O)C(C)C)C1.I. The van der Waals surface area contributed by atoms with Crippen molar-refractivity contribution >= 4 is 47.4 Å². The predicted octanol–water partition coefficient (Wildman–Crippen LogP) is 3.07. The highest BCUT2D eigenvalue weighted by atomic mass is 127. The molecule has 158 valence electrons. The van der Waals surface area contributed by atoms with Crippen LogP contribution in [0.3, 0.4) is 0 Å². The van der Waals surface area contributed by atoms with Crippen LogP contribution in [0, 0.1) is 5.92 Å². The van der Waals surface area contributed by atoms with Crippen LogP contribution in [0.25, 0.3) is 5.69 Å². The highest BCUT2D eigenvalue weighted by molar-refractivity contribution is 14.0. The van der Waals surface area contributed by atoms with Gasteiger partial charge in [0.05, 0.1) is 11.9 Å². The maximum atomic E-state index is 12.1. The Morgan fingerprint density at radius 2 is 2.07 bits per heavy atom. The van der Waals surface area contributed by atoms with Crippen LogP contribution in [0.1, 0.15) is 25.8 Å². The number of carbonyl (C=O) groups excluding carboxylic acids is 1. The van der Waals surface area contributed by atoms with Crippen molar-refractivity contribution < 1.29 is 4.79 Å². The van der Waals surface area contributed by atoms with Crippen molar-refractivity contribution in [1.29, 1.82) is 0 Å². The summed E-state index contributed by atoms with van der Waals surface area (Å²) in [5.74, 6) is 0.971. The molecule has 1 atom stereocenters. The van der Waals surface area contributed by atoms with Crippen LogP contribution in [-0.2, 0) is 11.3 Å². The largest absolute Gasteiger partial charge is 0.352 e. The van der Waals surface area contributed by atoms with Crippen LogP contribution in [0.5, 0.6) is 0 Å². The topological polar surface area (TPSA) is 74.6 Å². The van der Waals surface area contributed by atoms with E-state index in [2.05, 4.69) is 20.7 Å². The third-order valence-electron chi connectivity index (χ3n) is 4.75. The molecule has 1 unspecified atom stereocenters. The summed E-state index contributed by atoms with van der Waals surface area (Å²) >= 11 is 5.93. The molecule has 29 heavy (non-hydrogen) atoms. The standard InChI is InChI=1S/C20H27ClN6O.HI/c1-14(2)19(28)26-9-8-17(13-26)25-20(22-3)23-10-15-11-24-27(12-15)18-6-4-16(21)5-7-18;/h4-7,11-12,14,17H,8-10,13H2,1-3H3,(H2,22,23,25);1H. The zero-order valence-electron chi connectivity index (χ0n) is 16.9. The summed E-state index contributed by atoms with van der Waals surface area (Å²) in [6, 6.07) is 7.76. The Morgan fingerprint density at radius 1 is 1.34 bits per heavy atom. The third kappa shape index (κ3) is 6.33. The molecule has 1 aliphatic rings. The van der Waals surface area contributed by atoms with E-state index in [1.165, 1.54) is 0 Å². The Labute approximate surface area is 193 Å². The molecule has 1 saturated heterocycles. The van der Waals surface area contributed by atoms with Crippen LogP contribution in [-0.4, -0.2) is 52.7 Å². The van der Waals surface area contributed by atoms with Crippen LogP contribution in [0.15, 0.2) is 41.7 Å². The lowest BCUT2D eigenvalue weighted by molar-refractivity contribution is -0.133. The molecule has 3 rings (SSSR count). The molecule has 0 spiro atoms. The number of rotatable bonds is 5. The minimum Gasteiger partial charge on any atom is -0.352 e. The van der Waals surface area contributed by atoms with Gasteiger partial charge in [0.1, 0.15) is 0 Å². The Balaban J connectivity index is 0.00000300. The Hall–Kier alpha value is -1.81. The zero-order valence-corrected chi connectivity index (χ0v) is 20.0. The molecule has 1 aromatic carbocycles. The predicted molar refractivity (Wildman–Crippen MR) is 127 cm³/mol. The fraction of sp³-hybridized carbons (Fsp3) is 0.450. The molecule has 2 N–H and O–H groups in total. The van der Waals surface area contributed by atoms with Crippen LogP contribution in [0.2, 0.25) is 5.02 Å². The van der Waals surface area contributed by atoms with E-state index >= 15 is 0 Å².